The van der Waals surface area contributed by atoms with E-state index in [1.807, 2.05) is 6.07 Å². The number of hydrogen-bond acceptors (Lipinski definition) is 3. The molecular formula is C10H12N2O. The number of nitrogens with zero attached hydrogens (tertiary/aromatic N) is 2. The topological polar surface area (TPSA) is 42.9 Å². The standard InChI is InChI=1S/C10H12N2O/c13-9-3-1-8(2-4-9)10-5-6-11-7-12-10/h5-8H,1-4H2. The maximum Gasteiger partial charge on any atom is 0.132 e. The van der Waals surface area contributed by atoms with Crippen LogP contribution in [0, 0.1) is 0 Å². The van der Waals surface area contributed by atoms with Crippen LogP contribution in [0.15, 0.2) is 18.6 Å². The second kappa shape index (κ2) is 3.64. The highest BCUT2D eigenvalue weighted by atomic mass is 16.1. The number of carbonyl (C=O) groups is 1. The van der Waals surface area contributed by atoms with E-state index in [4.69, 9.17) is 0 Å². The smallest absolute Gasteiger partial charge is 0.132 e. The Labute approximate surface area is 77.2 Å². The summed E-state index contributed by atoms with van der Waals surface area (Å²) in [5.41, 5.74) is 1.09. The van der Waals surface area contributed by atoms with Crippen molar-refractivity contribution in [2.24, 2.45) is 0 Å². The molecule has 2 rings (SSSR count). The molecule has 0 aliphatic heterocycles. The van der Waals surface area contributed by atoms with Crippen LogP contribution in [-0.2, 0) is 4.79 Å². The summed E-state index contributed by atoms with van der Waals surface area (Å²) in [6, 6.07) is 1.94. The molecule has 0 amide bonds. The van der Waals surface area contributed by atoms with E-state index in [0.717, 1.165) is 18.5 Å². The van der Waals surface area contributed by atoms with Gasteiger partial charge in [-0.05, 0) is 18.9 Å². The lowest BCUT2D eigenvalue weighted by Crippen LogP contribution is -2.13. The third-order valence-corrected chi connectivity index (χ3v) is 2.57. The third kappa shape index (κ3) is 1.91. The largest absolute Gasteiger partial charge is 0.300 e. The number of rotatable bonds is 1. The van der Waals surface area contributed by atoms with E-state index in [0.29, 0.717) is 24.5 Å². The average molecular weight is 176 g/mol. The minimum absolute atomic E-state index is 0.394. The molecule has 68 valence electrons. The van der Waals surface area contributed by atoms with Crippen molar-refractivity contribution in [3.63, 3.8) is 0 Å². The molecule has 1 fully saturated rings. The van der Waals surface area contributed by atoms with E-state index in [1.54, 1.807) is 12.5 Å². The van der Waals surface area contributed by atoms with Crippen molar-refractivity contribution in [1.29, 1.82) is 0 Å². The number of hydrogen-bond donors (Lipinski definition) is 0. The van der Waals surface area contributed by atoms with Crippen molar-refractivity contribution < 1.29 is 4.79 Å². The first kappa shape index (κ1) is 8.35. The van der Waals surface area contributed by atoms with E-state index in [2.05, 4.69) is 9.97 Å². The SMILES string of the molecule is O=C1CCC(c2ccncn2)CC1. The molecule has 0 aromatic carbocycles. The van der Waals surface area contributed by atoms with Crippen molar-refractivity contribution in [2.75, 3.05) is 0 Å². The Hall–Kier alpha value is -1.25. The highest BCUT2D eigenvalue weighted by molar-refractivity contribution is 5.79. The molecule has 1 aromatic rings. The van der Waals surface area contributed by atoms with Crippen molar-refractivity contribution in [1.82, 2.24) is 9.97 Å². The first-order valence-corrected chi connectivity index (χ1v) is 4.64. The van der Waals surface area contributed by atoms with E-state index in [-0.39, 0.29) is 0 Å². The minimum atomic E-state index is 0.394. The summed E-state index contributed by atoms with van der Waals surface area (Å²) in [5, 5.41) is 0. The van der Waals surface area contributed by atoms with Gasteiger partial charge in [-0.1, -0.05) is 0 Å². The zero-order valence-electron chi connectivity index (χ0n) is 7.44. The summed E-state index contributed by atoms with van der Waals surface area (Å²) >= 11 is 0. The average Bonchev–Trinajstić information content (AvgIpc) is 2.20. The first-order valence-electron chi connectivity index (χ1n) is 4.64. The first-order chi connectivity index (χ1) is 6.36. The fraction of sp³-hybridized carbons (Fsp3) is 0.500. The van der Waals surface area contributed by atoms with Crippen LogP contribution in [0.3, 0.4) is 0 Å². The van der Waals surface area contributed by atoms with Gasteiger partial charge in [0, 0.05) is 30.7 Å². The van der Waals surface area contributed by atoms with Gasteiger partial charge in [-0.25, -0.2) is 9.97 Å². The van der Waals surface area contributed by atoms with Crippen LogP contribution < -0.4 is 0 Å². The van der Waals surface area contributed by atoms with Crippen LogP contribution in [0.5, 0.6) is 0 Å². The van der Waals surface area contributed by atoms with E-state index < -0.39 is 0 Å². The van der Waals surface area contributed by atoms with E-state index >= 15 is 0 Å². The van der Waals surface area contributed by atoms with Gasteiger partial charge in [-0.3, -0.25) is 4.79 Å². The molecule has 0 saturated heterocycles. The molecule has 3 nitrogen and oxygen atoms in total. The van der Waals surface area contributed by atoms with E-state index in [9.17, 15) is 4.79 Å². The van der Waals surface area contributed by atoms with Gasteiger partial charge in [0.1, 0.15) is 12.1 Å². The van der Waals surface area contributed by atoms with Crippen LogP contribution >= 0.6 is 0 Å². The monoisotopic (exact) mass is 176 g/mol. The lowest BCUT2D eigenvalue weighted by molar-refractivity contribution is -0.120. The Kier molecular flexibility index (Phi) is 2.34. The predicted molar refractivity (Wildman–Crippen MR) is 48.2 cm³/mol. The zero-order chi connectivity index (χ0) is 9.10. The maximum atomic E-state index is 11.0. The molecule has 13 heavy (non-hydrogen) atoms. The molecule has 0 spiro atoms. The van der Waals surface area contributed by atoms with Crippen LogP contribution in [-0.4, -0.2) is 15.8 Å². The van der Waals surface area contributed by atoms with Gasteiger partial charge in [0.25, 0.3) is 0 Å². The Morgan fingerprint density at radius 2 is 2.08 bits per heavy atom. The lowest BCUT2D eigenvalue weighted by Gasteiger charge is -2.19. The summed E-state index contributed by atoms with van der Waals surface area (Å²) in [4.78, 5) is 19.1. The van der Waals surface area contributed by atoms with Crippen LogP contribution in [0.25, 0.3) is 0 Å². The summed E-state index contributed by atoms with van der Waals surface area (Å²) in [6.07, 6.45) is 6.68. The Morgan fingerprint density at radius 3 is 2.69 bits per heavy atom. The number of aromatic nitrogens is 2. The number of carbonyl (C=O) groups excluding carboxylic acids is 1. The molecule has 0 N–H and O–H groups in total. The summed E-state index contributed by atoms with van der Waals surface area (Å²) in [6.45, 7) is 0. The summed E-state index contributed by atoms with van der Waals surface area (Å²) in [7, 11) is 0. The molecule has 1 aliphatic carbocycles. The summed E-state index contributed by atoms with van der Waals surface area (Å²) < 4.78 is 0. The molecule has 3 heteroatoms. The molecule has 0 radical (unpaired) electrons. The molecule has 1 heterocycles. The van der Waals surface area contributed by atoms with Gasteiger partial charge in [0.05, 0.1) is 0 Å². The molecular weight excluding hydrogens is 164 g/mol. The molecule has 1 aliphatic rings. The quantitative estimate of drug-likeness (QED) is 0.654. The lowest BCUT2D eigenvalue weighted by atomic mass is 9.86. The van der Waals surface area contributed by atoms with Crippen LogP contribution in [0.2, 0.25) is 0 Å². The van der Waals surface area contributed by atoms with Gasteiger partial charge in [-0.2, -0.15) is 0 Å². The molecule has 1 saturated carbocycles. The van der Waals surface area contributed by atoms with Crippen molar-refractivity contribution >= 4 is 5.78 Å². The van der Waals surface area contributed by atoms with Crippen LogP contribution in [0.1, 0.15) is 37.3 Å². The van der Waals surface area contributed by atoms with E-state index in [1.165, 1.54) is 0 Å². The summed E-state index contributed by atoms with van der Waals surface area (Å²) in [5.74, 6) is 0.867. The second-order valence-electron chi connectivity index (χ2n) is 3.45. The molecule has 0 atom stereocenters. The Morgan fingerprint density at radius 1 is 1.31 bits per heavy atom. The van der Waals surface area contributed by atoms with Crippen molar-refractivity contribution in [3.8, 4) is 0 Å². The molecule has 0 unspecified atom stereocenters. The van der Waals surface area contributed by atoms with Gasteiger partial charge < -0.3 is 0 Å². The zero-order valence-corrected chi connectivity index (χ0v) is 7.44. The molecule has 1 aromatic heterocycles. The van der Waals surface area contributed by atoms with Gasteiger partial charge in [0.15, 0.2) is 0 Å². The third-order valence-electron chi connectivity index (χ3n) is 2.57. The molecule has 0 bridgehead atoms. The number of ketones is 1. The van der Waals surface area contributed by atoms with Gasteiger partial charge in [0.2, 0.25) is 0 Å². The Balaban J connectivity index is 2.07. The number of Topliss-reactive ketones (excluding diaryl/α,β-unsaturated/α-hetero) is 1. The van der Waals surface area contributed by atoms with Gasteiger partial charge in [-0.15, -0.1) is 0 Å². The van der Waals surface area contributed by atoms with Gasteiger partial charge >= 0.3 is 0 Å². The second-order valence-corrected chi connectivity index (χ2v) is 3.45. The minimum Gasteiger partial charge on any atom is -0.300 e. The normalized spacial score (nSPS) is 18.9. The van der Waals surface area contributed by atoms with Crippen molar-refractivity contribution in [2.45, 2.75) is 31.6 Å². The predicted octanol–water partition coefficient (Wildman–Crippen LogP) is 1.70. The highest BCUT2D eigenvalue weighted by Gasteiger charge is 2.20. The highest BCUT2D eigenvalue weighted by Crippen LogP contribution is 2.29. The Bertz CT molecular complexity index is 287. The maximum absolute atomic E-state index is 11.0. The van der Waals surface area contributed by atoms with Crippen LogP contribution in [0.4, 0.5) is 0 Å². The fourth-order valence-electron chi connectivity index (χ4n) is 1.78. The van der Waals surface area contributed by atoms with Crippen molar-refractivity contribution in [3.05, 3.63) is 24.3 Å². The fourth-order valence-corrected chi connectivity index (χ4v) is 1.78.